The third-order valence-electron chi connectivity index (χ3n) is 2.86. The molecule has 5 heteroatoms. The van der Waals surface area contributed by atoms with Crippen LogP contribution in [0.5, 0.6) is 11.6 Å². The molecule has 106 valence electrons. The lowest BCUT2D eigenvalue weighted by Gasteiger charge is -2.11. The third-order valence-corrected chi connectivity index (χ3v) is 3.22. The molecule has 0 amide bonds. The molecule has 0 aliphatic carbocycles. The zero-order chi connectivity index (χ0) is 14.7. The second-order valence-corrected chi connectivity index (χ2v) is 5.00. The maximum atomic E-state index is 13.7. The lowest BCUT2D eigenvalue weighted by molar-refractivity contribution is 0.420. The molecule has 0 atom stereocenters. The number of aromatic nitrogens is 2. The van der Waals surface area contributed by atoms with Gasteiger partial charge in [-0.3, -0.25) is 0 Å². The van der Waals surface area contributed by atoms with Crippen LogP contribution >= 0.6 is 11.6 Å². The minimum absolute atomic E-state index is 0.144. The predicted octanol–water partition coefficient (Wildman–Crippen LogP) is 4.63. The quantitative estimate of drug-likeness (QED) is 0.771. The van der Waals surface area contributed by atoms with Crippen LogP contribution < -0.4 is 4.74 Å². The topological polar surface area (TPSA) is 35.0 Å². The average molecular weight is 295 g/mol. The Morgan fingerprint density at radius 2 is 2.00 bits per heavy atom. The second kappa shape index (κ2) is 6.18. The van der Waals surface area contributed by atoms with Crippen LogP contribution in [0.15, 0.2) is 18.2 Å². The molecule has 1 aromatic heterocycles. The number of ether oxygens (including phenoxy) is 1. The Balaban J connectivity index is 2.39. The van der Waals surface area contributed by atoms with Gasteiger partial charge in [0.15, 0.2) is 11.6 Å². The summed E-state index contributed by atoms with van der Waals surface area (Å²) < 4.78 is 19.3. The number of nitrogens with zero attached hydrogens (tertiary/aromatic N) is 2. The van der Waals surface area contributed by atoms with Crippen molar-refractivity contribution in [3.8, 4) is 11.6 Å². The van der Waals surface area contributed by atoms with Crippen molar-refractivity contribution in [2.75, 3.05) is 0 Å². The number of rotatable bonds is 4. The molecule has 0 aliphatic rings. The summed E-state index contributed by atoms with van der Waals surface area (Å²) in [5.41, 5.74) is 1.51. The van der Waals surface area contributed by atoms with E-state index in [2.05, 4.69) is 9.97 Å². The normalized spacial score (nSPS) is 10.7. The minimum Gasteiger partial charge on any atom is -0.435 e. The molecule has 2 rings (SSSR count). The first-order valence-corrected chi connectivity index (χ1v) is 6.86. The lowest BCUT2D eigenvalue weighted by Crippen LogP contribution is -2.01. The summed E-state index contributed by atoms with van der Waals surface area (Å²) in [6.45, 7) is 5.65. The smallest absolute Gasteiger partial charge is 0.227 e. The molecule has 3 nitrogen and oxygen atoms in total. The molecule has 0 bridgehead atoms. The van der Waals surface area contributed by atoms with E-state index in [-0.39, 0.29) is 5.75 Å². The van der Waals surface area contributed by atoms with Gasteiger partial charge in [0.05, 0.1) is 0 Å². The van der Waals surface area contributed by atoms with Gasteiger partial charge in [-0.25, -0.2) is 9.37 Å². The van der Waals surface area contributed by atoms with Gasteiger partial charge in [0.25, 0.3) is 0 Å². The fraction of sp³-hybridized carbons (Fsp3) is 0.333. The Morgan fingerprint density at radius 1 is 1.25 bits per heavy atom. The number of hydrogen-bond acceptors (Lipinski definition) is 3. The Bertz CT molecular complexity index is 632. The van der Waals surface area contributed by atoms with E-state index in [0.717, 1.165) is 12.0 Å². The lowest BCUT2D eigenvalue weighted by atomic mass is 10.2. The standard InChI is InChI=1S/C15H16ClFN2O/c1-4-5-13-18-14(16)10(3)15(19-13)20-12-8-9(2)6-7-11(12)17/h6-8H,4-5H2,1-3H3. The van der Waals surface area contributed by atoms with E-state index >= 15 is 0 Å². The molecule has 0 N–H and O–H groups in total. The van der Waals surface area contributed by atoms with Crippen molar-refractivity contribution in [3.05, 3.63) is 46.1 Å². The monoisotopic (exact) mass is 294 g/mol. The van der Waals surface area contributed by atoms with E-state index in [4.69, 9.17) is 16.3 Å². The van der Waals surface area contributed by atoms with E-state index in [9.17, 15) is 4.39 Å². The largest absolute Gasteiger partial charge is 0.435 e. The molecular weight excluding hydrogens is 279 g/mol. The number of benzene rings is 1. The van der Waals surface area contributed by atoms with Crippen LogP contribution in [-0.4, -0.2) is 9.97 Å². The molecule has 0 unspecified atom stereocenters. The van der Waals surface area contributed by atoms with Gasteiger partial charge in [0.1, 0.15) is 11.0 Å². The van der Waals surface area contributed by atoms with Gasteiger partial charge in [-0.2, -0.15) is 4.98 Å². The second-order valence-electron chi connectivity index (χ2n) is 4.65. The van der Waals surface area contributed by atoms with Crippen LogP contribution in [0, 0.1) is 19.7 Å². The van der Waals surface area contributed by atoms with Gasteiger partial charge >= 0.3 is 0 Å². The molecule has 1 heterocycles. The molecule has 0 radical (unpaired) electrons. The van der Waals surface area contributed by atoms with Gasteiger partial charge in [-0.1, -0.05) is 24.6 Å². The van der Waals surface area contributed by atoms with Crippen LogP contribution in [0.1, 0.15) is 30.3 Å². The summed E-state index contributed by atoms with van der Waals surface area (Å²) in [6, 6.07) is 4.69. The van der Waals surface area contributed by atoms with E-state index in [1.165, 1.54) is 6.07 Å². The summed E-state index contributed by atoms with van der Waals surface area (Å²) >= 11 is 6.07. The highest BCUT2D eigenvalue weighted by Gasteiger charge is 2.13. The summed E-state index contributed by atoms with van der Waals surface area (Å²) in [5.74, 6) is 0.621. The third kappa shape index (κ3) is 3.25. The summed E-state index contributed by atoms with van der Waals surface area (Å²) in [7, 11) is 0. The van der Waals surface area contributed by atoms with Crippen LogP contribution in [0.25, 0.3) is 0 Å². The molecule has 0 saturated carbocycles. The Hall–Kier alpha value is -1.68. The van der Waals surface area contributed by atoms with Crippen molar-refractivity contribution in [1.82, 2.24) is 9.97 Å². The molecule has 2 aromatic rings. The summed E-state index contributed by atoms with van der Waals surface area (Å²) in [6.07, 6.45) is 1.60. The predicted molar refractivity (Wildman–Crippen MR) is 77.0 cm³/mol. The van der Waals surface area contributed by atoms with E-state index in [0.29, 0.717) is 28.8 Å². The van der Waals surface area contributed by atoms with E-state index in [1.807, 2.05) is 13.8 Å². The van der Waals surface area contributed by atoms with Gasteiger partial charge < -0.3 is 4.74 Å². The van der Waals surface area contributed by atoms with Gasteiger partial charge in [0.2, 0.25) is 5.88 Å². The summed E-state index contributed by atoms with van der Waals surface area (Å²) in [5, 5.41) is 0.339. The molecule has 0 fully saturated rings. The first-order valence-electron chi connectivity index (χ1n) is 6.48. The van der Waals surface area contributed by atoms with Crippen molar-refractivity contribution >= 4 is 11.6 Å². The van der Waals surface area contributed by atoms with Crippen LogP contribution in [-0.2, 0) is 6.42 Å². The first kappa shape index (κ1) is 14.7. The summed E-state index contributed by atoms with van der Waals surface area (Å²) in [4.78, 5) is 8.49. The Labute approximate surface area is 122 Å². The molecule has 1 aromatic carbocycles. The Morgan fingerprint density at radius 3 is 2.70 bits per heavy atom. The fourth-order valence-electron chi connectivity index (χ4n) is 1.74. The SMILES string of the molecule is CCCc1nc(Cl)c(C)c(Oc2cc(C)ccc2F)n1. The number of halogens is 2. The fourth-order valence-corrected chi connectivity index (χ4v) is 1.92. The number of hydrogen-bond donors (Lipinski definition) is 0. The van der Waals surface area contributed by atoms with Gasteiger partial charge in [-0.05, 0) is 38.0 Å². The highest BCUT2D eigenvalue weighted by Crippen LogP contribution is 2.29. The average Bonchev–Trinajstić information content (AvgIpc) is 2.40. The Kier molecular flexibility index (Phi) is 4.55. The number of aryl methyl sites for hydroxylation is 2. The highest BCUT2D eigenvalue weighted by molar-refractivity contribution is 6.30. The van der Waals surface area contributed by atoms with E-state index < -0.39 is 5.82 Å². The first-order chi connectivity index (χ1) is 9.51. The van der Waals surface area contributed by atoms with Crippen molar-refractivity contribution < 1.29 is 9.13 Å². The maximum Gasteiger partial charge on any atom is 0.227 e. The molecule has 0 spiro atoms. The molecule has 0 aliphatic heterocycles. The van der Waals surface area contributed by atoms with Crippen LogP contribution in [0.3, 0.4) is 0 Å². The van der Waals surface area contributed by atoms with Crippen molar-refractivity contribution in [2.45, 2.75) is 33.6 Å². The van der Waals surface area contributed by atoms with Crippen LogP contribution in [0.4, 0.5) is 4.39 Å². The van der Waals surface area contributed by atoms with Crippen LogP contribution in [0.2, 0.25) is 5.15 Å². The van der Waals surface area contributed by atoms with Crippen molar-refractivity contribution in [2.24, 2.45) is 0 Å². The van der Waals surface area contributed by atoms with Crippen molar-refractivity contribution in [3.63, 3.8) is 0 Å². The molecule has 0 saturated heterocycles. The van der Waals surface area contributed by atoms with E-state index in [1.54, 1.807) is 19.1 Å². The minimum atomic E-state index is -0.429. The zero-order valence-electron chi connectivity index (χ0n) is 11.7. The highest BCUT2D eigenvalue weighted by atomic mass is 35.5. The van der Waals surface area contributed by atoms with Gasteiger partial charge in [0, 0.05) is 12.0 Å². The zero-order valence-corrected chi connectivity index (χ0v) is 12.5. The van der Waals surface area contributed by atoms with Crippen molar-refractivity contribution in [1.29, 1.82) is 0 Å². The van der Waals surface area contributed by atoms with Gasteiger partial charge in [-0.15, -0.1) is 0 Å². The molecule has 20 heavy (non-hydrogen) atoms. The molecular formula is C15H16ClFN2O. The maximum absolute atomic E-state index is 13.7.